The van der Waals surface area contributed by atoms with Gasteiger partial charge in [0, 0.05) is 18.5 Å². The van der Waals surface area contributed by atoms with Crippen molar-refractivity contribution in [2.24, 2.45) is 11.8 Å². The summed E-state index contributed by atoms with van der Waals surface area (Å²) in [4.78, 5) is 9.19. The van der Waals surface area contributed by atoms with Gasteiger partial charge in [0.1, 0.15) is 5.82 Å². The highest BCUT2D eigenvalue weighted by Crippen LogP contribution is 2.31. The summed E-state index contributed by atoms with van der Waals surface area (Å²) in [5.41, 5.74) is 0.991. The van der Waals surface area contributed by atoms with Gasteiger partial charge in [-0.3, -0.25) is 0 Å². The molecule has 1 aliphatic carbocycles. The van der Waals surface area contributed by atoms with Gasteiger partial charge >= 0.3 is 0 Å². The van der Waals surface area contributed by atoms with Gasteiger partial charge in [0.25, 0.3) is 0 Å². The molecule has 0 saturated heterocycles. The highest BCUT2D eigenvalue weighted by molar-refractivity contribution is 5.89. The number of benzene rings is 1. The van der Waals surface area contributed by atoms with E-state index in [1.165, 1.54) is 19.3 Å². The summed E-state index contributed by atoms with van der Waals surface area (Å²) in [6.45, 7) is 6.25. The first-order valence-corrected chi connectivity index (χ1v) is 8.00. The summed E-state index contributed by atoms with van der Waals surface area (Å²) in [5, 5.41) is 7.87. The standard InChI is InChI=1S/C17H24N4/c1-3-18-17-20-15-7-5-4-6-14(15)16(21-17)19-11-13-9-8-12(2)10-13/h4-7,12-13H,3,8-11H2,1-2H3,(H2,18,19,20,21). The predicted molar refractivity (Wildman–Crippen MR) is 88.7 cm³/mol. The molecule has 1 saturated carbocycles. The van der Waals surface area contributed by atoms with Crippen molar-refractivity contribution in [3.05, 3.63) is 24.3 Å². The molecule has 1 aromatic heterocycles. The molecule has 0 aliphatic heterocycles. The summed E-state index contributed by atoms with van der Waals surface area (Å²) < 4.78 is 0. The average Bonchev–Trinajstić information content (AvgIpc) is 2.91. The number of hydrogen-bond acceptors (Lipinski definition) is 4. The van der Waals surface area contributed by atoms with Crippen LogP contribution < -0.4 is 10.6 Å². The van der Waals surface area contributed by atoms with E-state index in [2.05, 4.69) is 40.5 Å². The number of para-hydroxylation sites is 1. The third-order valence-electron chi connectivity index (χ3n) is 4.30. The summed E-state index contributed by atoms with van der Waals surface area (Å²) in [6.07, 6.45) is 4.02. The van der Waals surface area contributed by atoms with Crippen LogP contribution in [-0.2, 0) is 0 Å². The van der Waals surface area contributed by atoms with Crippen molar-refractivity contribution in [3.8, 4) is 0 Å². The number of rotatable bonds is 5. The maximum Gasteiger partial charge on any atom is 0.225 e. The molecule has 4 heteroatoms. The van der Waals surface area contributed by atoms with Crippen molar-refractivity contribution in [2.45, 2.75) is 33.1 Å². The molecule has 2 unspecified atom stereocenters. The number of anilines is 2. The smallest absolute Gasteiger partial charge is 0.225 e. The van der Waals surface area contributed by atoms with Gasteiger partial charge < -0.3 is 10.6 Å². The first kappa shape index (κ1) is 14.1. The summed E-state index contributed by atoms with van der Waals surface area (Å²) >= 11 is 0. The van der Waals surface area contributed by atoms with Crippen LogP contribution in [0, 0.1) is 11.8 Å². The van der Waals surface area contributed by atoms with Crippen LogP contribution >= 0.6 is 0 Å². The van der Waals surface area contributed by atoms with Crippen LogP contribution in [0.1, 0.15) is 33.1 Å². The molecule has 2 aromatic rings. The Morgan fingerprint density at radius 3 is 2.76 bits per heavy atom. The Morgan fingerprint density at radius 2 is 2.00 bits per heavy atom. The summed E-state index contributed by atoms with van der Waals surface area (Å²) in [5.74, 6) is 3.31. The predicted octanol–water partition coefficient (Wildman–Crippen LogP) is 3.91. The fourth-order valence-corrected chi connectivity index (χ4v) is 3.20. The molecular formula is C17H24N4. The normalized spacial score (nSPS) is 21.6. The SMILES string of the molecule is CCNc1nc(NCC2CCC(C)C2)c2ccccc2n1. The molecule has 1 heterocycles. The van der Waals surface area contributed by atoms with Crippen LogP contribution in [0.25, 0.3) is 10.9 Å². The minimum absolute atomic E-state index is 0.707. The quantitative estimate of drug-likeness (QED) is 0.874. The van der Waals surface area contributed by atoms with Crippen molar-refractivity contribution >= 4 is 22.7 Å². The van der Waals surface area contributed by atoms with Gasteiger partial charge in [-0.1, -0.05) is 25.5 Å². The second-order valence-electron chi connectivity index (χ2n) is 6.11. The molecule has 112 valence electrons. The van der Waals surface area contributed by atoms with E-state index >= 15 is 0 Å². The van der Waals surface area contributed by atoms with Crippen molar-refractivity contribution in [3.63, 3.8) is 0 Å². The Labute approximate surface area is 126 Å². The van der Waals surface area contributed by atoms with Crippen molar-refractivity contribution in [1.82, 2.24) is 9.97 Å². The molecule has 2 atom stereocenters. The fourth-order valence-electron chi connectivity index (χ4n) is 3.20. The van der Waals surface area contributed by atoms with Gasteiger partial charge in [0.05, 0.1) is 5.52 Å². The van der Waals surface area contributed by atoms with Crippen molar-refractivity contribution in [2.75, 3.05) is 23.7 Å². The van der Waals surface area contributed by atoms with Gasteiger partial charge in [-0.2, -0.15) is 4.98 Å². The van der Waals surface area contributed by atoms with Crippen molar-refractivity contribution < 1.29 is 0 Å². The van der Waals surface area contributed by atoms with Gasteiger partial charge in [0.2, 0.25) is 5.95 Å². The zero-order chi connectivity index (χ0) is 14.7. The maximum absolute atomic E-state index is 4.64. The molecule has 0 amide bonds. The molecule has 3 rings (SSSR count). The second kappa shape index (κ2) is 6.29. The van der Waals surface area contributed by atoms with E-state index < -0.39 is 0 Å². The monoisotopic (exact) mass is 284 g/mol. The van der Waals surface area contributed by atoms with E-state index in [0.29, 0.717) is 5.95 Å². The van der Waals surface area contributed by atoms with Gasteiger partial charge in [0.15, 0.2) is 0 Å². The van der Waals surface area contributed by atoms with Crippen LogP contribution in [0.2, 0.25) is 0 Å². The zero-order valence-electron chi connectivity index (χ0n) is 12.9. The maximum atomic E-state index is 4.64. The van der Waals surface area contributed by atoms with Crippen LogP contribution in [-0.4, -0.2) is 23.1 Å². The molecule has 2 N–H and O–H groups in total. The Bertz CT molecular complexity index is 611. The van der Waals surface area contributed by atoms with Crippen LogP contribution in [0.4, 0.5) is 11.8 Å². The molecule has 21 heavy (non-hydrogen) atoms. The zero-order valence-corrected chi connectivity index (χ0v) is 12.9. The number of hydrogen-bond donors (Lipinski definition) is 2. The number of aromatic nitrogens is 2. The van der Waals surface area contributed by atoms with Crippen LogP contribution in [0.5, 0.6) is 0 Å². The Morgan fingerprint density at radius 1 is 1.14 bits per heavy atom. The lowest BCUT2D eigenvalue weighted by Gasteiger charge is -2.14. The van der Waals surface area contributed by atoms with Crippen LogP contribution in [0.15, 0.2) is 24.3 Å². The molecule has 0 bridgehead atoms. The molecule has 1 aromatic carbocycles. The minimum atomic E-state index is 0.707. The molecule has 0 radical (unpaired) electrons. The van der Waals surface area contributed by atoms with Crippen LogP contribution in [0.3, 0.4) is 0 Å². The highest BCUT2D eigenvalue weighted by Gasteiger charge is 2.21. The average molecular weight is 284 g/mol. The molecule has 1 aliphatic rings. The third-order valence-corrected chi connectivity index (χ3v) is 4.30. The van der Waals surface area contributed by atoms with E-state index in [-0.39, 0.29) is 0 Å². The summed E-state index contributed by atoms with van der Waals surface area (Å²) in [6, 6.07) is 8.19. The topological polar surface area (TPSA) is 49.8 Å². The first-order valence-electron chi connectivity index (χ1n) is 8.00. The Hall–Kier alpha value is -1.84. The molecule has 1 fully saturated rings. The number of fused-ring (bicyclic) bond motifs is 1. The number of nitrogens with zero attached hydrogens (tertiary/aromatic N) is 2. The summed E-state index contributed by atoms with van der Waals surface area (Å²) in [7, 11) is 0. The molecule has 0 spiro atoms. The number of nitrogens with one attached hydrogen (secondary N) is 2. The van der Waals surface area contributed by atoms with E-state index in [0.717, 1.165) is 41.6 Å². The van der Waals surface area contributed by atoms with E-state index in [1.807, 2.05) is 18.2 Å². The van der Waals surface area contributed by atoms with E-state index in [1.54, 1.807) is 0 Å². The lowest BCUT2D eigenvalue weighted by Crippen LogP contribution is -2.14. The van der Waals surface area contributed by atoms with Crippen molar-refractivity contribution in [1.29, 1.82) is 0 Å². The van der Waals surface area contributed by atoms with Gasteiger partial charge in [-0.05, 0) is 43.7 Å². The molecular weight excluding hydrogens is 260 g/mol. The first-order chi connectivity index (χ1) is 10.3. The third kappa shape index (κ3) is 3.26. The highest BCUT2D eigenvalue weighted by atomic mass is 15.1. The largest absolute Gasteiger partial charge is 0.369 e. The lowest BCUT2D eigenvalue weighted by atomic mass is 10.1. The fraction of sp³-hybridized carbons (Fsp3) is 0.529. The Balaban J connectivity index is 1.81. The lowest BCUT2D eigenvalue weighted by molar-refractivity contribution is 0.537. The van der Waals surface area contributed by atoms with E-state index in [9.17, 15) is 0 Å². The minimum Gasteiger partial charge on any atom is -0.369 e. The second-order valence-corrected chi connectivity index (χ2v) is 6.11. The Kier molecular flexibility index (Phi) is 4.23. The van der Waals surface area contributed by atoms with Gasteiger partial charge in [-0.15, -0.1) is 0 Å². The molecule has 4 nitrogen and oxygen atoms in total. The van der Waals surface area contributed by atoms with E-state index in [4.69, 9.17) is 0 Å². The van der Waals surface area contributed by atoms with Gasteiger partial charge in [-0.25, -0.2) is 4.98 Å².